The van der Waals surface area contributed by atoms with Gasteiger partial charge < -0.3 is 10.2 Å². The van der Waals surface area contributed by atoms with E-state index in [1.807, 2.05) is 6.08 Å². The van der Waals surface area contributed by atoms with Gasteiger partial charge in [0.1, 0.15) is 0 Å². The van der Waals surface area contributed by atoms with E-state index in [0.717, 1.165) is 24.2 Å². The summed E-state index contributed by atoms with van der Waals surface area (Å²) in [6.45, 7) is 4.31. The van der Waals surface area contributed by atoms with Crippen LogP contribution in [0.2, 0.25) is 10.0 Å². The second kappa shape index (κ2) is 8.82. The molecule has 0 atom stereocenters. The van der Waals surface area contributed by atoms with Crippen molar-refractivity contribution in [2.24, 2.45) is 4.99 Å². The molecule has 0 spiro atoms. The lowest BCUT2D eigenvalue weighted by molar-refractivity contribution is -0.115. The first-order valence-electron chi connectivity index (χ1n) is 9.60. The van der Waals surface area contributed by atoms with Crippen LogP contribution in [-0.4, -0.2) is 24.2 Å². The topological polar surface area (TPSA) is 44.7 Å². The quantitative estimate of drug-likeness (QED) is 0.573. The largest absolute Gasteiger partial charge is 0.372 e. The molecule has 2 aromatic carbocycles. The van der Waals surface area contributed by atoms with Crippen molar-refractivity contribution < 1.29 is 4.79 Å². The molecule has 0 radical (unpaired) electrons. The Labute approximate surface area is 185 Å². The van der Waals surface area contributed by atoms with E-state index in [1.165, 1.54) is 36.7 Å². The maximum Gasteiger partial charge on any atom is 0.264 e. The monoisotopic (exact) mass is 445 g/mol. The number of thioether (sulfide) groups is 1. The molecule has 2 saturated heterocycles. The van der Waals surface area contributed by atoms with Gasteiger partial charge in [-0.15, -0.1) is 0 Å². The van der Waals surface area contributed by atoms with Crippen LogP contribution in [0.4, 0.5) is 11.4 Å². The van der Waals surface area contributed by atoms with Gasteiger partial charge in [-0.1, -0.05) is 35.3 Å². The lowest BCUT2D eigenvalue weighted by Crippen LogP contribution is -2.29. The van der Waals surface area contributed by atoms with E-state index in [2.05, 4.69) is 40.3 Å². The van der Waals surface area contributed by atoms with Gasteiger partial charge in [-0.3, -0.25) is 4.79 Å². The summed E-state index contributed by atoms with van der Waals surface area (Å²) in [4.78, 5) is 19.9. The Morgan fingerprint density at radius 3 is 2.69 bits per heavy atom. The first-order chi connectivity index (χ1) is 14.0. The van der Waals surface area contributed by atoms with Crippen molar-refractivity contribution in [1.82, 2.24) is 5.32 Å². The molecule has 7 heteroatoms. The van der Waals surface area contributed by atoms with E-state index in [1.54, 1.807) is 18.2 Å². The fraction of sp³-hybridized carbons (Fsp3) is 0.273. The van der Waals surface area contributed by atoms with Gasteiger partial charge in [-0.25, -0.2) is 4.99 Å². The van der Waals surface area contributed by atoms with Crippen molar-refractivity contribution in [1.29, 1.82) is 0 Å². The van der Waals surface area contributed by atoms with Crippen LogP contribution in [0.1, 0.15) is 30.4 Å². The van der Waals surface area contributed by atoms with Gasteiger partial charge in [-0.05, 0) is 79.4 Å². The average Bonchev–Trinajstić information content (AvgIpc) is 3.06. The molecule has 1 N–H and O–H groups in total. The van der Waals surface area contributed by atoms with Gasteiger partial charge in [-0.2, -0.15) is 0 Å². The minimum absolute atomic E-state index is 0.161. The maximum absolute atomic E-state index is 12.4. The van der Waals surface area contributed by atoms with Crippen molar-refractivity contribution in [3.8, 4) is 0 Å². The lowest BCUT2D eigenvalue weighted by atomic mass is 10.0. The zero-order valence-electron chi connectivity index (χ0n) is 16.0. The van der Waals surface area contributed by atoms with E-state index in [4.69, 9.17) is 23.2 Å². The standard InChI is InChI=1S/C22H21Cl2N3OS/c1-14-12-16(27-10-3-2-4-11-27)9-8-15(14)13-19-21(28)26-22(29-19)25-18-7-5-6-17(23)20(18)24/h5-9,12-13H,2-4,10-11H2,1H3,(H,25,26,28)/b19-13+. The van der Waals surface area contributed by atoms with Crippen molar-refractivity contribution in [2.45, 2.75) is 26.2 Å². The highest BCUT2D eigenvalue weighted by Crippen LogP contribution is 2.35. The third-order valence-corrected chi connectivity index (χ3v) is 6.78. The number of aliphatic imine (C=N–C) groups is 1. The number of anilines is 1. The minimum atomic E-state index is -0.161. The number of hydrogen-bond acceptors (Lipinski definition) is 4. The number of amidine groups is 1. The summed E-state index contributed by atoms with van der Waals surface area (Å²) < 4.78 is 0. The maximum atomic E-state index is 12.4. The number of amides is 1. The van der Waals surface area contributed by atoms with E-state index in [9.17, 15) is 4.79 Å². The number of nitrogens with zero attached hydrogens (tertiary/aromatic N) is 2. The van der Waals surface area contributed by atoms with Gasteiger partial charge in [0.15, 0.2) is 5.17 Å². The number of carbonyl (C=O) groups is 1. The minimum Gasteiger partial charge on any atom is -0.372 e. The molecule has 4 nitrogen and oxygen atoms in total. The molecule has 2 aliphatic rings. The summed E-state index contributed by atoms with van der Waals surface area (Å²) >= 11 is 13.5. The van der Waals surface area contributed by atoms with E-state index in [-0.39, 0.29) is 5.91 Å². The average molecular weight is 446 g/mol. The molecular weight excluding hydrogens is 425 g/mol. The first kappa shape index (κ1) is 20.3. The summed E-state index contributed by atoms with van der Waals surface area (Å²) in [6, 6.07) is 11.7. The van der Waals surface area contributed by atoms with Gasteiger partial charge in [0.25, 0.3) is 5.91 Å². The zero-order chi connectivity index (χ0) is 20.4. The SMILES string of the molecule is Cc1cc(N2CCCCC2)ccc1/C=C1/SC(=Nc2cccc(Cl)c2Cl)NC1=O. The summed E-state index contributed by atoms with van der Waals surface area (Å²) in [6.07, 6.45) is 5.73. The third kappa shape index (κ3) is 4.63. The van der Waals surface area contributed by atoms with Crippen molar-refractivity contribution in [3.63, 3.8) is 0 Å². The van der Waals surface area contributed by atoms with Gasteiger partial charge in [0.05, 0.1) is 20.6 Å². The molecule has 150 valence electrons. The molecule has 0 saturated carbocycles. The van der Waals surface area contributed by atoms with Crippen LogP contribution in [0.5, 0.6) is 0 Å². The van der Waals surface area contributed by atoms with Crippen molar-refractivity contribution in [3.05, 3.63) is 62.5 Å². The molecule has 0 aliphatic carbocycles. The normalized spacial score (nSPS) is 19.8. The Hall–Kier alpha value is -1.95. The number of rotatable bonds is 3. The van der Waals surface area contributed by atoms with Crippen LogP contribution >= 0.6 is 35.0 Å². The summed E-state index contributed by atoms with van der Waals surface area (Å²) in [7, 11) is 0. The first-order valence-corrected chi connectivity index (χ1v) is 11.2. The molecule has 2 aliphatic heterocycles. The van der Waals surface area contributed by atoms with Crippen LogP contribution in [0.25, 0.3) is 6.08 Å². The number of benzene rings is 2. The Morgan fingerprint density at radius 2 is 1.93 bits per heavy atom. The molecule has 4 rings (SSSR count). The number of carbonyl (C=O) groups excluding carboxylic acids is 1. The molecule has 2 heterocycles. The van der Waals surface area contributed by atoms with Crippen molar-refractivity contribution in [2.75, 3.05) is 18.0 Å². The number of hydrogen-bond donors (Lipinski definition) is 1. The van der Waals surface area contributed by atoms with Crippen LogP contribution in [0.3, 0.4) is 0 Å². The molecule has 1 amide bonds. The predicted molar refractivity (Wildman–Crippen MR) is 125 cm³/mol. The Bertz CT molecular complexity index is 1010. The fourth-order valence-corrected chi connectivity index (χ4v) is 4.64. The second-order valence-corrected chi connectivity index (χ2v) is 8.96. The molecule has 0 bridgehead atoms. The molecule has 0 unspecified atom stereocenters. The highest BCUT2D eigenvalue weighted by atomic mass is 35.5. The van der Waals surface area contributed by atoms with Gasteiger partial charge in [0, 0.05) is 18.8 Å². The summed E-state index contributed by atoms with van der Waals surface area (Å²) in [5.41, 5.74) is 3.97. The van der Waals surface area contributed by atoms with Crippen LogP contribution in [0.15, 0.2) is 46.3 Å². The third-order valence-electron chi connectivity index (χ3n) is 5.07. The van der Waals surface area contributed by atoms with E-state index in [0.29, 0.717) is 25.8 Å². The molecule has 0 aromatic heterocycles. The highest BCUT2D eigenvalue weighted by Gasteiger charge is 2.24. The number of halogens is 2. The van der Waals surface area contributed by atoms with E-state index >= 15 is 0 Å². The number of aryl methyl sites for hydroxylation is 1. The van der Waals surface area contributed by atoms with Crippen LogP contribution in [0, 0.1) is 6.92 Å². The Balaban J connectivity index is 1.54. The van der Waals surface area contributed by atoms with Gasteiger partial charge >= 0.3 is 0 Å². The molecule has 29 heavy (non-hydrogen) atoms. The molecular formula is C22H21Cl2N3OS. The smallest absolute Gasteiger partial charge is 0.264 e. The highest BCUT2D eigenvalue weighted by molar-refractivity contribution is 8.18. The van der Waals surface area contributed by atoms with Crippen LogP contribution < -0.4 is 10.2 Å². The van der Waals surface area contributed by atoms with Crippen LogP contribution in [-0.2, 0) is 4.79 Å². The summed E-state index contributed by atoms with van der Waals surface area (Å²) in [5.74, 6) is -0.161. The Morgan fingerprint density at radius 1 is 1.14 bits per heavy atom. The lowest BCUT2D eigenvalue weighted by Gasteiger charge is -2.29. The summed E-state index contributed by atoms with van der Waals surface area (Å²) in [5, 5.41) is 4.10. The molecule has 2 aromatic rings. The molecule has 2 fully saturated rings. The second-order valence-electron chi connectivity index (χ2n) is 7.14. The van der Waals surface area contributed by atoms with E-state index < -0.39 is 0 Å². The Kier molecular flexibility index (Phi) is 6.18. The van der Waals surface area contributed by atoms with Crippen molar-refractivity contribution >= 4 is 63.5 Å². The number of nitrogens with one attached hydrogen (secondary N) is 1. The van der Waals surface area contributed by atoms with Gasteiger partial charge in [0.2, 0.25) is 0 Å². The fourth-order valence-electron chi connectivity index (χ4n) is 3.48. The number of piperidine rings is 1. The predicted octanol–water partition coefficient (Wildman–Crippen LogP) is 6.18. The zero-order valence-corrected chi connectivity index (χ0v) is 18.4.